The van der Waals surface area contributed by atoms with Gasteiger partial charge in [-0.05, 0) is 55.9 Å². The molecule has 1 spiro atoms. The molecular formula is C34H43N5O4. The van der Waals surface area contributed by atoms with Gasteiger partial charge in [0.1, 0.15) is 5.60 Å². The number of aliphatic imine (C=N–C) groups is 1. The average molecular weight is 586 g/mol. The first-order valence-corrected chi connectivity index (χ1v) is 14.9. The van der Waals surface area contributed by atoms with E-state index in [-0.39, 0.29) is 34.5 Å². The van der Waals surface area contributed by atoms with Crippen LogP contribution in [0, 0.1) is 16.7 Å². The molecule has 5 rings (SSSR count). The summed E-state index contributed by atoms with van der Waals surface area (Å²) in [7, 11) is 0. The van der Waals surface area contributed by atoms with E-state index in [2.05, 4.69) is 24.2 Å². The number of hydrogen-bond acceptors (Lipinski definition) is 6. The molecule has 0 bridgehead atoms. The molecule has 9 nitrogen and oxygen atoms in total. The Morgan fingerprint density at radius 3 is 2.23 bits per heavy atom. The highest BCUT2D eigenvalue weighted by Gasteiger charge is 2.60. The SMILES string of the molecule is CC(C)(C)OC(=O)Nc1ccc(C2CN(C(=O)/C(C=NCc3ccccc3)=C/N)CC23CN(C(=O)C2CC2(C)C)C3)cc1. The lowest BCUT2D eigenvalue weighted by Crippen LogP contribution is -2.62. The van der Waals surface area contributed by atoms with Crippen LogP contribution in [0.25, 0.3) is 0 Å². The highest BCUT2D eigenvalue weighted by atomic mass is 16.6. The quantitative estimate of drug-likeness (QED) is 0.352. The minimum absolute atomic E-state index is 0.0172. The van der Waals surface area contributed by atoms with Gasteiger partial charge in [0, 0.05) is 61.5 Å². The Hall–Kier alpha value is -4.14. The number of ether oxygens (including phenoxy) is 1. The van der Waals surface area contributed by atoms with E-state index in [1.54, 1.807) is 6.21 Å². The van der Waals surface area contributed by atoms with Crippen LogP contribution in [-0.2, 0) is 20.9 Å². The Balaban J connectivity index is 1.31. The molecule has 2 aromatic carbocycles. The van der Waals surface area contributed by atoms with Crippen LogP contribution < -0.4 is 11.1 Å². The van der Waals surface area contributed by atoms with Crippen molar-refractivity contribution >= 4 is 29.8 Å². The smallest absolute Gasteiger partial charge is 0.412 e. The molecule has 9 heteroatoms. The van der Waals surface area contributed by atoms with E-state index in [4.69, 9.17) is 10.5 Å². The summed E-state index contributed by atoms with van der Waals surface area (Å²) in [5.41, 5.74) is 8.19. The van der Waals surface area contributed by atoms with Crippen LogP contribution in [0.4, 0.5) is 10.5 Å². The topological polar surface area (TPSA) is 117 Å². The van der Waals surface area contributed by atoms with Gasteiger partial charge in [-0.2, -0.15) is 0 Å². The van der Waals surface area contributed by atoms with Gasteiger partial charge in [-0.3, -0.25) is 19.9 Å². The maximum Gasteiger partial charge on any atom is 0.412 e. The van der Waals surface area contributed by atoms with Crippen molar-refractivity contribution in [3.8, 4) is 0 Å². The van der Waals surface area contributed by atoms with E-state index in [0.29, 0.717) is 44.0 Å². The molecule has 2 saturated heterocycles. The van der Waals surface area contributed by atoms with Crippen LogP contribution in [0.2, 0.25) is 0 Å². The summed E-state index contributed by atoms with van der Waals surface area (Å²) in [6.07, 6.45) is 3.28. The maximum absolute atomic E-state index is 13.7. The summed E-state index contributed by atoms with van der Waals surface area (Å²) >= 11 is 0. The summed E-state index contributed by atoms with van der Waals surface area (Å²) in [5.74, 6) is 0.140. The van der Waals surface area contributed by atoms with Crippen molar-refractivity contribution in [1.82, 2.24) is 9.80 Å². The van der Waals surface area contributed by atoms with E-state index in [0.717, 1.165) is 17.5 Å². The van der Waals surface area contributed by atoms with Gasteiger partial charge in [-0.25, -0.2) is 4.79 Å². The molecule has 1 aliphatic carbocycles. The molecule has 3 fully saturated rings. The van der Waals surface area contributed by atoms with Crippen LogP contribution in [0.1, 0.15) is 58.1 Å². The monoisotopic (exact) mass is 585 g/mol. The number of rotatable bonds is 7. The number of nitrogens with one attached hydrogen (secondary N) is 1. The van der Waals surface area contributed by atoms with Gasteiger partial charge in [0.05, 0.1) is 12.1 Å². The predicted molar refractivity (Wildman–Crippen MR) is 167 cm³/mol. The van der Waals surface area contributed by atoms with Crippen LogP contribution >= 0.6 is 0 Å². The largest absolute Gasteiger partial charge is 0.444 e. The summed E-state index contributed by atoms with van der Waals surface area (Å²) in [5, 5.41) is 2.78. The van der Waals surface area contributed by atoms with Gasteiger partial charge < -0.3 is 20.3 Å². The lowest BCUT2D eigenvalue weighted by atomic mass is 9.68. The minimum atomic E-state index is -0.595. The van der Waals surface area contributed by atoms with E-state index in [1.165, 1.54) is 6.20 Å². The summed E-state index contributed by atoms with van der Waals surface area (Å²) < 4.78 is 5.37. The fourth-order valence-corrected chi connectivity index (χ4v) is 6.29. The van der Waals surface area contributed by atoms with Crippen molar-refractivity contribution < 1.29 is 19.1 Å². The molecule has 43 heavy (non-hydrogen) atoms. The van der Waals surface area contributed by atoms with Crippen LogP contribution in [0.3, 0.4) is 0 Å². The number of carbonyl (C=O) groups is 3. The van der Waals surface area contributed by atoms with Gasteiger partial charge in [0.15, 0.2) is 0 Å². The lowest BCUT2D eigenvalue weighted by molar-refractivity contribution is -0.146. The Morgan fingerprint density at radius 2 is 1.65 bits per heavy atom. The molecule has 2 aromatic rings. The number of nitrogens with zero attached hydrogens (tertiary/aromatic N) is 3. The van der Waals surface area contributed by atoms with Gasteiger partial charge in [-0.15, -0.1) is 0 Å². The van der Waals surface area contributed by atoms with Crippen molar-refractivity contribution in [3.63, 3.8) is 0 Å². The first kappa shape index (κ1) is 30.3. The summed E-state index contributed by atoms with van der Waals surface area (Å²) in [6, 6.07) is 17.5. The molecule has 2 atom stereocenters. The minimum Gasteiger partial charge on any atom is -0.444 e. The van der Waals surface area contributed by atoms with Crippen molar-refractivity contribution in [3.05, 3.63) is 77.5 Å². The molecule has 0 aromatic heterocycles. The highest BCUT2D eigenvalue weighted by molar-refractivity contribution is 6.12. The molecule has 228 valence electrons. The fraction of sp³-hybridized carbons (Fsp3) is 0.471. The summed E-state index contributed by atoms with van der Waals surface area (Å²) in [4.78, 5) is 47.4. The lowest BCUT2D eigenvalue weighted by Gasteiger charge is -2.51. The van der Waals surface area contributed by atoms with Crippen molar-refractivity contribution in [2.45, 2.75) is 59.1 Å². The molecule has 3 aliphatic rings. The van der Waals surface area contributed by atoms with E-state index < -0.39 is 11.7 Å². The third-order valence-corrected chi connectivity index (χ3v) is 8.80. The number of amides is 3. The fourth-order valence-electron chi connectivity index (χ4n) is 6.29. The average Bonchev–Trinajstić information content (AvgIpc) is 3.38. The van der Waals surface area contributed by atoms with Gasteiger partial charge >= 0.3 is 6.09 Å². The van der Waals surface area contributed by atoms with Gasteiger partial charge in [0.25, 0.3) is 5.91 Å². The molecule has 2 heterocycles. The van der Waals surface area contributed by atoms with E-state index >= 15 is 0 Å². The molecule has 0 radical (unpaired) electrons. The second kappa shape index (κ2) is 11.5. The van der Waals surface area contributed by atoms with Crippen LogP contribution in [0.5, 0.6) is 0 Å². The number of likely N-dealkylation sites (tertiary alicyclic amines) is 2. The number of carbonyl (C=O) groups excluding carboxylic acids is 3. The zero-order valence-electron chi connectivity index (χ0n) is 25.8. The highest BCUT2D eigenvalue weighted by Crippen LogP contribution is 2.55. The van der Waals surface area contributed by atoms with Crippen LogP contribution in [0.15, 0.2) is 71.4 Å². The number of anilines is 1. The number of benzene rings is 2. The van der Waals surface area contributed by atoms with Gasteiger partial charge in [0.2, 0.25) is 5.91 Å². The summed E-state index contributed by atoms with van der Waals surface area (Å²) in [6.45, 7) is 12.4. The predicted octanol–water partition coefficient (Wildman–Crippen LogP) is 4.95. The Kier molecular flexibility index (Phi) is 8.11. The maximum atomic E-state index is 13.7. The second-order valence-corrected chi connectivity index (χ2v) is 13.9. The van der Waals surface area contributed by atoms with E-state index in [9.17, 15) is 14.4 Å². The van der Waals surface area contributed by atoms with Crippen molar-refractivity contribution in [2.75, 3.05) is 31.5 Å². The Labute approximate surface area is 254 Å². The first-order valence-electron chi connectivity index (χ1n) is 14.9. The Bertz CT molecular complexity index is 1420. The molecule has 2 unspecified atom stereocenters. The molecule has 3 amide bonds. The Morgan fingerprint density at radius 1 is 1.02 bits per heavy atom. The first-order chi connectivity index (χ1) is 20.3. The zero-order chi connectivity index (χ0) is 31.0. The normalized spacial score (nSPS) is 22.4. The van der Waals surface area contributed by atoms with Crippen molar-refractivity contribution in [2.24, 2.45) is 27.5 Å². The van der Waals surface area contributed by atoms with Crippen LogP contribution in [-0.4, -0.2) is 65.7 Å². The molecule has 3 N–H and O–H groups in total. The molecule has 2 aliphatic heterocycles. The number of hydrogen-bond donors (Lipinski definition) is 2. The zero-order valence-corrected chi connectivity index (χ0v) is 25.8. The molecular weight excluding hydrogens is 542 g/mol. The van der Waals surface area contributed by atoms with Gasteiger partial charge in [-0.1, -0.05) is 56.3 Å². The standard InChI is InChI=1S/C34H43N5O4/c1-32(2,3)43-31(42)37-26-13-11-24(12-14-26)28-19-38(20-34(28)21-39(22-34)30(41)27-15-33(27,4)5)29(40)25(16-35)18-36-17-23-9-7-6-8-10-23/h6-14,16,18,27-28H,15,17,19-22,35H2,1-5H3,(H,37,42)/b25-16+,36-18?. The third kappa shape index (κ3) is 6.76. The number of nitrogens with two attached hydrogens (primary N) is 1. The van der Waals surface area contributed by atoms with Crippen molar-refractivity contribution in [1.29, 1.82) is 0 Å². The van der Waals surface area contributed by atoms with E-state index in [1.807, 2.05) is 85.2 Å². The molecule has 1 saturated carbocycles. The second-order valence-electron chi connectivity index (χ2n) is 13.9. The third-order valence-electron chi connectivity index (χ3n) is 8.80.